The molecule has 1 aliphatic heterocycles. The van der Waals surface area contributed by atoms with E-state index in [1.807, 2.05) is 60.7 Å². The monoisotopic (exact) mass is 476 g/mol. The molecule has 0 spiro atoms. The molecule has 3 rings (SSSR count). The summed E-state index contributed by atoms with van der Waals surface area (Å²) in [4.78, 5) is 11.6. The number of hydrogen-bond acceptors (Lipinski definition) is 6. The van der Waals surface area contributed by atoms with E-state index in [1.54, 1.807) is 0 Å². The number of halogens is 1. The molecule has 7 heteroatoms. The van der Waals surface area contributed by atoms with Gasteiger partial charge < -0.3 is 23.7 Å². The minimum atomic E-state index is -0.700. The Morgan fingerprint density at radius 1 is 0.900 bits per heavy atom. The quantitative estimate of drug-likeness (QED) is 0.381. The SMILES string of the molecule is COC(=O)/C(Br)=C\C1O[C@@H](COCc2ccccc2)[C@H](COCc2ccccc2)O1. The zero-order valence-electron chi connectivity index (χ0n) is 16.7. The first kappa shape index (κ1) is 22.7. The summed E-state index contributed by atoms with van der Waals surface area (Å²) in [5.41, 5.74) is 2.16. The fraction of sp³-hybridized carbons (Fsp3) is 0.348. The second-order valence-electron chi connectivity index (χ2n) is 6.73. The van der Waals surface area contributed by atoms with Crippen molar-refractivity contribution in [3.63, 3.8) is 0 Å². The number of ether oxygens (including phenoxy) is 5. The van der Waals surface area contributed by atoms with Gasteiger partial charge in [-0.1, -0.05) is 60.7 Å². The molecule has 1 fully saturated rings. The molecular formula is C23H25BrO6. The van der Waals surface area contributed by atoms with Crippen LogP contribution in [0.5, 0.6) is 0 Å². The number of esters is 1. The fourth-order valence-electron chi connectivity index (χ4n) is 2.94. The zero-order valence-corrected chi connectivity index (χ0v) is 18.3. The van der Waals surface area contributed by atoms with E-state index < -0.39 is 12.3 Å². The Hall–Kier alpha value is -2.03. The highest BCUT2D eigenvalue weighted by molar-refractivity contribution is 9.12. The predicted molar refractivity (Wildman–Crippen MR) is 115 cm³/mol. The average Bonchev–Trinajstić information content (AvgIpc) is 3.15. The standard InChI is InChI=1S/C23H25BrO6/c1-26-23(25)19(24)12-22-29-20(15-27-13-17-8-4-2-5-9-17)21(30-22)16-28-14-18-10-6-3-7-11-18/h2-12,20-22H,13-16H2,1H3/b19-12+/t20-,21-/m0/s1. The molecule has 2 aromatic carbocycles. The second kappa shape index (κ2) is 12.0. The molecule has 1 saturated heterocycles. The molecule has 6 nitrogen and oxygen atoms in total. The molecule has 2 atom stereocenters. The summed E-state index contributed by atoms with van der Waals surface area (Å²) in [6.07, 6.45) is 0.175. The van der Waals surface area contributed by atoms with Crippen LogP contribution in [0.3, 0.4) is 0 Å². The first-order chi connectivity index (χ1) is 14.7. The minimum absolute atomic E-state index is 0.241. The Bertz CT molecular complexity index is 757. The maximum absolute atomic E-state index is 11.6. The van der Waals surface area contributed by atoms with Gasteiger partial charge in [0.25, 0.3) is 0 Å². The van der Waals surface area contributed by atoms with Crippen LogP contribution in [0.4, 0.5) is 0 Å². The minimum Gasteiger partial charge on any atom is -0.465 e. The maximum Gasteiger partial charge on any atom is 0.344 e. The maximum atomic E-state index is 11.6. The van der Waals surface area contributed by atoms with Crippen molar-refractivity contribution in [2.45, 2.75) is 31.7 Å². The van der Waals surface area contributed by atoms with E-state index in [4.69, 9.17) is 18.9 Å². The molecule has 0 aliphatic carbocycles. The first-order valence-electron chi connectivity index (χ1n) is 9.65. The van der Waals surface area contributed by atoms with Crippen molar-refractivity contribution in [3.8, 4) is 0 Å². The molecule has 160 valence electrons. The van der Waals surface area contributed by atoms with Crippen molar-refractivity contribution in [2.75, 3.05) is 20.3 Å². The Labute approximate surface area is 184 Å². The Kier molecular flexibility index (Phi) is 9.04. The van der Waals surface area contributed by atoms with Crippen LogP contribution < -0.4 is 0 Å². The molecular weight excluding hydrogens is 452 g/mol. The van der Waals surface area contributed by atoms with Gasteiger partial charge in [-0.2, -0.15) is 0 Å². The highest BCUT2D eigenvalue weighted by Crippen LogP contribution is 2.24. The summed E-state index contributed by atoms with van der Waals surface area (Å²) in [5, 5.41) is 0. The van der Waals surface area contributed by atoms with Crippen LogP contribution in [0.1, 0.15) is 11.1 Å². The summed E-state index contributed by atoms with van der Waals surface area (Å²) < 4.78 is 28.5. The van der Waals surface area contributed by atoms with Crippen LogP contribution in [0.2, 0.25) is 0 Å². The van der Waals surface area contributed by atoms with Gasteiger partial charge >= 0.3 is 5.97 Å². The van der Waals surface area contributed by atoms with Gasteiger partial charge in [0, 0.05) is 0 Å². The van der Waals surface area contributed by atoms with Gasteiger partial charge in [-0.3, -0.25) is 0 Å². The van der Waals surface area contributed by atoms with Crippen molar-refractivity contribution in [2.24, 2.45) is 0 Å². The van der Waals surface area contributed by atoms with Crippen molar-refractivity contribution < 1.29 is 28.5 Å². The summed E-state index contributed by atoms with van der Waals surface area (Å²) in [6, 6.07) is 19.8. The lowest BCUT2D eigenvalue weighted by Gasteiger charge is -2.17. The van der Waals surface area contributed by atoms with Crippen molar-refractivity contribution in [1.29, 1.82) is 0 Å². The molecule has 0 bridgehead atoms. The smallest absolute Gasteiger partial charge is 0.344 e. The van der Waals surface area contributed by atoms with E-state index in [2.05, 4.69) is 20.7 Å². The number of rotatable bonds is 10. The molecule has 0 N–H and O–H groups in total. The van der Waals surface area contributed by atoms with Gasteiger partial charge in [-0.15, -0.1) is 0 Å². The topological polar surface area (TPSA) is 63.2 Å². The number of methoxy groups -OCH3 is 1. The Balaban J connectivity index is 1.56. The predicted octanol–water partition coefficient (Wildman–Crippen LogP) is 3.98. The lowest BCUT2D eigenvalue weighted by atomic mass is 10.2. The van der Waals surface area contributed by atoms with Crippen molar-refractivity contribution >= 4 is 21.9 Å². The summed E-state index contributed by atoms with van der Waals surface area (Å²) >= 11 is 3.18. The average molecular weight is 477 g/mol. The number of hydrogen-bond donors (Lipinski definition) is 0. The van der Waals surface area contributed by atoms with Crippen LogP contribution in [0.15, 0.2) is 71.2 Å². The van der Waals surface area contributed by atoms with Crippen LogP contribution in [0, 0.1) is 0 Å². The highest BCUT2D eigenvalue weighted by atomic mass is 79.9. The van der Waals surface area contributed by atoms with Crippen LogP contribution in [0.25, 0.3) is 0 Å². The van der Waals surface area contributed by atoms with Crippen LogP contribution in [-0.4, -0.2) is 44.8 Å². The third-order valence-corrected chi connectivity index (χ3v) is 5.07. The van der Waals surface area contributed by atoms with Gasteiger partial charge in [0.1, 0.15) is 16.7 Å². The molecule has 1 aliphatic rings. The molecule has 2 aromatic rings. The molecule has 0 saturated carbocycles. The highest BCUT2D eigenvalue weighted by Gasteiger charge is 2.36. The Morgan fingerprint density at radius 3 is 1.80 bits per heavy atom. The van der Waals surface area contributed by atoms with Gasteiger partial charge in [0.05, 0.1) is 33.5 Å². The number of carbonyl (C=O) groups excluding carboxylic acids is 1. The third-order valence-electron chi connectivity index (χ3n) is 4.48. The van der Waals surface area contributed by atoms with Crippen LogP contribution in [-0.2, 0) is 41.7 Å². The molecule has 0 unspecified atom stereocenters. The lowest BCUT2D eigenvalue weighted by Crippen LogP contribution is -2.31. The van der Waals surface area contributed by atoms with E-state index in [-0.39, 0.29) is 16.7 Å². The first-order valence-corrected chi connectivity index (χ1v) is 10.4. The molecule has 0 aromatic heterocycles. The summed E-state index contributed by atoms with van der Waals surface area (Å²) in [5.74, 6) is -0.497. The van der Waals surface area contributed by atoms with Crippen LogP contribution >= 0.6 is 15.9 Å². The van der Waals surface area contributed by atoms with Gasteiger partial charge in [-0.25, -0.2) is 4.79 Å². The van der Waals surface area contributed by atoms with Gasteiger partial charge in [0.2, 0.25) is 0 Å². The lowest BCUT2D eigenvalue weighted by molar-refractivity contribution is -0.135. The van der Waals surface area contributed by atoms with Crippen molar-refractivity contribution in [3.05, 3.63) is 82.3 Å². The zero-order chi connectivity index (χ0) is 21.2. The number of benzene rings is 2. The second-order valence-corrected chi connectivity index (χ2v) is 7.58. The normalized spacial score (nSPS) is 19.7. The molecule has 0 radical (unpaired) electrons. The summed E-state index contributed by atoms with van der Waals surface area (Å²) in [6.45, 7) is 1.64. The fourth-order valence-corrected chi connectivity index (χ4v) is 3.32. The number of carbonyl (C=O) groups is 1. The van der Waals surface area contributed by atoms with E-state index in [0.29, 0.717) is 26.4 Å². The molecule has 0 amide bonds. The van der Waals surface area contributed by atoms with Gasteiger partial charge in [-0.05, 0) is 33.1 Å². The Morgan fingerprint density at radius 2 is 1.37 bits per heavy atom. The van der Waals surface area contributed by atoms with E-state index in [0.717, 1.165) is 11.1 Å². The van der Waals surface area contributed by atoms with E-state index >= 15 is 0 Å². The third kappa shape index (κ3) is 7.04. The molecule has 30 heavy (non-hydrogen) atoms. The van der Waals surface area contributed by atoms with E-state index in [1.165, 1.54) is 13.2 Å². The molecule has 1 heterocycles. The summed E-state index contributed by atoms with van der Waals surface area (Å²) in [7, 11) is 1.31. The van der Waals surface area contributed by atoms with E-state index in [9.17, 15) is 4.79 Å². The van der Waals surface area contributed by atoms with Crippen molar-refractivity contribution in [1.82, 2.24) is 0 Å². The van der Waals surface area contributed by atoms with Gasteiger partial charge in [0.15, 0.2) is 6.29 Å². The largest absolute Gasteiger partial charge is 0.465 e.